The van der Waals surface area contributed by atoms with E-state index in [0.717, 1.165) is 11.3 Å². The van der Waals surface area contributed by atoms with Gasteiger partial charge >= 0.3 is 0 Å². The maximum absolute atomic E-state index is 12.8. The van der Waals surface area contributed by atoms with E-state index in [2.05, 4.69) is 31.4 Å². The number of hydrogen-bond acceptors (Lipinski definition) is 4. The summed E-state index contributed by atoms with van der Waals surface area (Å²) in [6.07, 6.45) is 0. The van der Waals surface area contributed by atoms with E-state index in [-0.39, 0.29) is 5.82 Å². The van der Waals surface area contributed by atoms with Crippen LogP contribution in [0.4, 0.5) is 15.2 Å². The third kappa shape index (κ3) is 2.51. The van der Waals surface area contributed by atoms with Crippen LogP contribution in [0.3, 0.4) is 0 Å². The van der Waals surface area contributed by atoms with Crippen molar-refractivity contribution < 1.29 is 4.39 Å². The molecular weight excluding hydrogens is 281 g/mol. The first-order valence-corrected chi connectivity index (χ1v) is 5.78. The van der Waals surface area contributed by atoms with Crippen LogP contribution in [0.15, 0.2) is 22.1 Å². The van der Waals surface area contributed by atoms with Crippen LogP contribution in [0.5, 0.6) is 0 Å². The Hall–Kier alpha value is -1.01. The third-order valence-electron chi connectivity index (χ3n) is 1.83. The zero-order valence-electron chi connectivity index (χ0n) is 7.79. The van der Waals surface area contributed by atoms with E-state index in [4.69, 9.17) is 0 Å². The smallest absolute Gasteiger partial charge is 0.210 e. The van der Waals surface area contributed by atoms with Gasteiger partial charge in [0.15, 0.2) is 3.92 Å². The van der Waals surface area contributed by atoms with E-state index in [0.29, 0.717) is 9.05 Å². The molecule has 0 amide bonds. The lowest BCUT2D eigenvalue weighted by molar-refractivity contribution is 0.627. The van der Waals surface area contributed by atoms with Gasteiger partial charge in [0.2, 0.25) is 5.13 Å². The quantitative estimate of drug-likeness (QED) is 0.919. The van der Waals surface area contributed by atoms with Crippen molar-refractivity contribution >= 4 is 38.1 Å². The Morgan fingerprint density at radius 1 is 1.40 bits per heavy atom. The molecule has 0 atom stereocenters. The van der Waals surface area contributed by atoms with Gasteiger partial charge in [-0.15, -0.1) is 10.2 Å². The molecule has 2 aromatic rings. The molecule has 0 aliphatic carbocycles. The van der Waals surface area contributed by atoms with Gasteiger partial charge in [-0.2, -0.15) is 0 Å². The number of anilines is 2. The normalized spacial score (nSPS) is 10.3. The van der Waals surface area contributed by atoms with Crippen molar-refractivity contribution in [1.29, 1.82) is 0 Å². The number of hydrogen-bond donors (Lipinski definition) is 1. The molecular formula is C9H7BrFN3S. The van der Waals surface area contributed by atoms with Crippen molar-refractivity contribution in [3.63, 3.8) is 0 Å². The fourth-order valence-corrected chi connectivity index (χ4v) is 2.16. The van der Waals surface area contributed by atoms with E-state index < -0.39 is 0 Å². The van der Waals surface area contributed by atoms with E-state index in [9.17, 15) is 4.39 Å². The molecule has 0 aliphatic rings. The molecule has 6 heteroatoms. The topological polar surface area (TPSA) is 37.8 Å². The predicted octanol–water partition coefficient (Wildman–Crippen LogP) is 3.49. The van der Waals surface area contributed by atoms with Crippen LogP contribution in [0.2, 0.25) is 0 Å². The van der Waals surface area contributed by atoms with Crippen LogP contribution in [0.25, 0.3) is 0 Å². The second-order valence-electron chi connectivity index (χ2n) is 2.94. The molecule has 0 saturated heterocycles. The zero-order chi connectivity index (χ0) is 10.8. The van der Waals surface area contributed by atoms with Crippen LogP contribution in [0, 0.1) is 12.7 Å². The Kier molecular flexibility index (Phi) is 2.97. The van der Waals surface area contributed by atoms with Gasteiger partial charge in [0.1, 0.15) is 5.82 Å². The minimum Gasteiger partial charge on any atom is -0.330 e. The molecule has 1 aromatic carbocycles. The van der Waals surface area contributed by atoms with Crippen molar-refractivity contribution in [3.8, 4) is 0 Å². The molecule has 1 N–H and O–H groups in total. The summed E-state index contributed by atoms with van der Waals surface area (Å²) >= 11 is 4.61. The highest BCUT2D eigenvalue weighted by Gasteiger charge is 2.04. The average Bonchev–Trinajstić information content (AvgIpc) is 2.56. The van der Waals surface area contributed by atoms with Gasteiger partial charge in [-0.3, -0.25) is 0 Å². The van der Waals surface area contributed by atoms with Crippen LogP contribution in [-0.4, -0.2) is 10.2 Å². The Balaban J connectivity index is 2.24. The molecule has 0 aliphatic heterocycles. The number of nitrogens with zero attached hydrogens (tertiary/aromatic N) is 2. The summed E-state index contributed by atoms with van der Waals surface area (Å²) in [6, 6.07) is 4.56. The summed E-state index contributed by atoms with van der Waals surface area (Å²) in [7, 11) is 0. The summed E-state index contributed by atoms with van der Waals surface area (Å²) in [6.45, 7) is 1.83. The first-order valence-electron chi connectivity index (χ1n) is 4.17. The Bertz CT molecular complexity index is 486. The van der Waals surface area contributed by atoms with Crippen LogP contribution in [-0.2, 0) is 0 Å². The van der Waals surface area contributed by atoms with Crippen molar-refractivity contribution in [3.05, 3.63) is 33.5 Å². The number of benzene rings is 1. The first kappa shape index (κ1) is 10.5. The van der Waals surface area contributed by atoms with Crippen molar-refractivity contribution in [2.45, 2.75) is 6.92 Å². The van der Waals surface area contributed by atoms with Crippen LogP contribution in [0.1, 0.15) is 5.56 Å². The maximum atomic E-state index is 12.8. The average molecular weight is 288 g/mol. The Morgan fingerprint density at radius 2 is 2.20 bits per heavy atom. The number of nitrogens with one attached hydrogen (secondary N) is 1. The van der Waals surface area contributed by atoms with Gasteiger partial charge in [0.25, 0.3) is 0 Å². The molecule has 0 spiro atoms. The fourth-order valence-electron chi connectivity index (χ4n) is 1.14. The molecule has 1 heterocycles. The lowest BCUT2D eigenvalue weighted by Crippen LogP contribution is -1.93. The zero-order valence-corrected chi connectivity index (χ0v) is 10.2. The van der Waals surface area contributed by atoms with E-state index in [1.54, 1.807) is 6.07 Å². The maximum Gasteiger partial charge on any atom is 0.210 e. The second kappa shape index (κ2) is 4.24. The van der Waals surface area contributed by atoms with E-state index in [1.165, 1.54) is 23.5 Å². The number of halogens is 2. The van der Waals surface area contributed by atoms with Gasteiger partial charge in [-0.1, -0.05) is 11.3 Å². The molecule has 0 bridgehead atoms. The Morgan fingerprint density at radius 3 is 2.80 bits per heavy atom. The highest BCUT2D eigenvalue weighted by atomic mass is 79.9. The molecule has 0 unspecified atom stereocenters. The van der Waals surface area contributed by atoms with Crippen LogP contribution < -0.4 is 5.32 Å². The van der Waals surface area contributed by atoms with Gasteiger partial charge < -0.3 is 5.32 Å². The molecule has 2 rings (SSSR count). The molecule has 0 fully saturated rings. The predicted molar refractivity (Wildman–Crippen MR) is 62.0 cm³/mol. The lowest BCUT2D eigenvalue weighted by Gasteiger charge is -2.05. The van der Waals surface area contributed by atoms with Gasteiger partial charge in [0, 0.05) is 5.69 Å². The standard InChI is InChI=1S/C9H7BrFN3S/c1-5-4-6(11)2-3-7(5)12-9-14-13-8(10)15-9/h2-4H,1H3,(H,12,14). The first-order chi connectivity index (χ1) is 7.15. The molecule has 15 heavy (non-hydrogen) atoms. The highest BCUT2D eigenvalue weighted by Crippen LogP contribution is 2.25. The molecule has 0 radical (unpaired) electrons. The summed E-state index contributed by atoms with van der Waals surface area (Å²) in [5.41, 5.74) is 1.67. The van der Waals surface area contributed by atoms with Crippen molar-refractivity contribution in [1.82, 2.24) is 10.2 Å². The van der Waals surface area contributed by atoms with Crippen molar-refractivity contribution in [2.24, 2.45) is 0 Å². The van der Waals surface area contributed by atoms with Crippen LogP contribution >= 0.6 is 27.3 Å². The van der Waals surface area contributed by atoms with Gasteiger partial charge in [-0.25, -0.2) is 4.39 Å². The number of aromatic nitrogens is 2. The third-order valence-corrected chi connectivity index (χ3v) is 3.10. The summed E-state index contributed by atoms with van der Waals surface area (Å²) in [4.78, 5) is 0. The summed E-state index contributed by atoms with van der Waals surface area (Å²) in [5.74, 6) is -0.239. The van der Waals surface area contributed by atoms with Crippen molar-refractivity contribution in [2.75, 3.05) is 5.32 Å². The Labute approximate surface area is 98.5 Å². The van der Waals surface area contributed by atoms with E-state index >= 15 is 0 Å². The highest BCUT2D eigenvalue weighted by molar-refractivity contribution is 9.11. The summed E-state index contributed by atoms with van der Waals surface area (Å²) in [5, 5.41) is 11.4. The number of rotatable bonds is 2. The van der Waals surface area contributed by atoms with Gasteiger partial charge in [0.05, 0.1) is 0 Å². The van der Waals surface area contributed by atoms with Gasteiger partial charge in [-0.05, 0) is 46.6 Å². The minimum atomic E-state index is -0.239. The molecule has 78 valence electrons. The molecule has 1 aromatic heterocycles. The fraction of sp³-hybridized carbons (Fsp3) is 0.111. The molecule has 0 saturated carbocycles. The second-order valence-corrected chi connectivity index (χ2v) is 5.20. The SMILES string of the molecule is Cc1cc(F)ccc1Nc1nnc(Br)s1. The largest absolute Gasteiger partial charge is 0.330 e. The lowest BCUT2D eigenvalue weighted by atomic mass is 10.2. The monoisotopic (exact) mass is 287 g/mol. The van der Waals surface area contributed by atoms with E-state index in [1.807, 2.05) is 6.92 Å². The summed E-state index contributed by atoms with van der Waals surface area (Å²) < 4.78 is 13.5. The minimum absolute atomic E-state index is 0.239. The number of aryl methyl sites for hydroxylation is 1. The molecule has 3 nitrogen and oxygen atoms in total.